The molecule has 3 N–H and O–H groups in total. The number of nitrogens with two attached hydrogens (primary N) is 1. The van der Waals surface area contributed by atoms with E-state index >= 15 is 0 Å². The van der Waals surface area contributed by atoms with Crippen molar-refractivity contribution in [2.24, 2.45) is 5.84 Å². The Labute approximate surface area is 106 Å². The van der Waals surface area contributed by atoms with Crippen LogP contribution in [0.3, 0.4) is 0 Å². The van der Waals surface area contributed by atoms with E-state index in [2.05, 4.69) is 10.4 Å². The zero-order valence-electron chi connectivity index (χ0n) is 10.2. The lowest BCUT2D eigenvalue weighted by atomic mass is 10.00. The van der Waals surface area contributed by atoms with Crippen LogP contribution in [0.15, 0.2) is 42.7 Å². The number of hydrazine groups is 1. The van der Waals surface area contributed by atoms with Crippen LogP contribution in [-0.2, 0) is 6.42 Å². The molecule has 0 spiro atoms. The highest BCUT2D eigenvalue weighted by Crippen LogP contribution is 2.18. The predicted molar refractivity (Wildman–Crippen MR) is 69.1 cm³/mol. The molecule has 0 aliphatic rings. The number of benzene rings is 1. The van der Waals surface area contributed by atoms with E-state index < -0.39 is 0 Å². The molecule has 0 fully saturated rings. The summed E-state index contributed by atoms with van der Waals surface area (Å²) in [6.07, 6.45) is 4.29. The summed E-state index contributed by atoms with van der Waals surface area (Å²) in [6.45, 7) is 1.99. The number of halogens is 1. The highest BCUT2D eigenvalue weighted by atomic mass is 19.1. The molecule has 0 saturated carbocycles. The summed E-state index contributed by atoms with van der Waals surface area (Å²) in [5, 5.41) is 0. The molecule has 1 unspecified atom stereocenters. The number of hydrogen-bond donors (Lipinski definition) is 2. The average Bonchev–Trinajstić information content (AvgIpc) is 2.38. The second-order valence-corrected chi connectivity index (χ2v) is 4.35. The highest BCUT2D eigenvalue weighted by molar-refractivity contribution is 5.24. The third-order valence-electron chi connectivity index (χ3n) is 2.85. The molecule has 0 aliphatic heterocycles. The second-order valence-electron chi connectivity index (χ2n) is 4.35. The van der Waals surface area contributed by atoms with Crippen LogP contribution in [0.2, 0.25) is 0 Å². The largest absolute Gasteiger partial charge is 0.271 e. The van der Waals surface area contributed by atoms with Crippen molar-refractivity contribution in [3.05, 3.63) is 65.2 Å². The van der Waals surface area contributed by atoms with Crippen LogP contribution in [-0.4, -0.2) is 4.98 Å². The fourth-order valence-corrected chi connectivity index (χ4v) is 1.90. The van der Waals surface area contributed by atoms with Gasteiger partial charge in [-0.3, -0.25) is 16.3 Å². The maximum atomic E-state index is 12.8. The number of hydrogen-bond acceptors (Lipinski definition) is 3. The molecule has 4 heteroatoms. The maximum absolute atomic E-state index is 12.8. The van der Waals surface area contributed by atoms with E-state index in [0.29, 0.717) is 6.42 Å². The summed E-state index contributed by atoms with van der Waals surface area (Å²) in [4.78, 5) is 4.15. The van der Waals surface area contributed by atoms with Crippen molar-refractivity contribution < 1.29 is 4.39 Å². The van der Waals surface area contributed by atoms with E-state index in [4.69, 9.17) is 5.84 Å². The quantitative estimate of drug-likeness (QED) is 0.642. The lowest BCUT2D eigenvalue weighted by Crippen LogP contribution is -2.29. The van der Waals surface area contributed by atoms with E-state index in [9.17, 15) is 4.39 Å². The van der Waals surface area contributed by atoms with Crippen LogP contribution in [0.4, 0.5) is 4.39 Å². The Hall–Kier alpha value is -1.78. The van der Waals surface area contributed by atoms with Crippen molar-refractivity contribution in [2.75, 3.05) is 0 Å². The first-order chi connectivity index (χ1) is 8.69. The van der Waals surface area contributed by atoms with Gasteiger partial charge in [0.2, 0.25) is 0 Å². The maximum Gasteiger partial charge on any atom is 0.123 e. The van der Waals surface area contributed by atoms with Crippen LogP contribution >= 0.6 is 0 Å². The molecule has 2 aromatic rings. The minimum Gasteiger partial charge on any atom is -0.271 e. The van der Waals surface area contributed by atoms with Crippen LogP contribution in [0, 0.1) is 12.7 Å². The van der Waals surface area contributed by atoms with Crippen LogP contribution in [0.25, 0.3) is 0 Å². The normalized spacial score (nSPS) is 12.4. The Morgan fingerprint density at radius 2 is 2.00 bits per heavy atom. The Morgan fingerprint density at radius 3 is 2.61 bits per heavy atom. The van der Waals surface area contributed by atoms with Crippen LogP contribution in [0.1, 0.15) is 22.7 Å². The Bertz CT molecular complexity index is 511. The number of pyridine rings is 1. The molecule has 0 bridgehead atoms. The van der Waals surface area contributed by atoms with Gasteiger partial charge in [0.05, 0.1) is 6.04 Å². The molecule has 1 aromatic heterocycles. The smallest absolute Gasteiger partial charge is 0.123 e. The zero-order valence-corrected chi connectivity index (χ0v) is 10.2. The van der Waals surface area contributed by atoms with Crippen LogP contribution < -0.4 is 11.3 Å². The monoisotopic (exact) mass is 245 g/mol. The van der Waals surface area contributed by atoms with Gasteiger partial charge in [-0.2, -0.15) is 0 Å². The summed E-state index contributed by atoms with van der Waals surface area (Å²) in [7, 11) is 0. The molecule has 0 saturated heterocycles. The first-order valence-electron chi connectivity index (χ1n) is 5.81. The second kappa shape index (κ2) is 5.71. The molecular formula is C14H16FN3. The Balaban J connectivity index is 2.17. The fourth-order valence-electron chi connectivity index (χ4n) is 1.90. The van der Waals surface area contributed by atoms with Crippen molar-refractivity contribution >= 4 is 0 Å². The molecule has 0 amide bonds. The topological polar surface area (TPSA) is 50.9 Å². The summed E-state index contributed by atoms with van der Waals surface area (Å²) < 4.78 is 12.8. The van der Waals surface area contributed by atoms with Gasteiger partial charge in [0.15, 0.2) is 0 Å². The molecular weight excluding hydrogens is 229 g/mol. The highest BCUT2D eigenvalue weighted by Gasteiger charge is 2.11. The Morgan fingerprint density at radius 1 is 1.28 bits per heavy atom. The number of rotatable bonds is 4. The molecule has 0 aliphatic carbocycles. The van der Waals surface area contributed by atoms with Gasteiger partial charge in [0, 0.05) is 12.4 Å². The van der Waals surface area contributed by atoms with Gasteiger partial charge in [-0.05, 0) is 42.2 Å². The first-order valence-corrected chi connectivity index (χ1v) is 5.81. The number of aryl methyl sites for hydroxylation is 1. The lowest BCUT2D eigenvalue weighted by molar-refractivity contribution is 0.549. The van der Waals surface area contributed by atoms with Crippen LogP contribution in [0.5, 0.6) is 0 Å². The van der Waals surface area contributed by atoms with E-state index in [0.717, 1.165) is 16.7 Å². The van der Waals surface area contributed by atoms with Crippen molar-refractivity contribution in [2.45, 2.75) is 19.4 Å². The van der Waals surface area contributed by atoms with Gasteiger partial charge in [-0.25, -0.2) is 4.39 Å². The van der Waals surface area contributed by atoms with E-state index in [-0.39, 0.29) is 11.9 Å². The number of nitrogens with one attached hydrogen (secondary N) is 1. The van der Waals surface area contributed by atoms with Crippen molar-refractivity contribution in [3.8, 4) is 0 Å². The first kappa shape index (κ1) is 12.7. The molecule has 1 atom stereocenters. The lowest BCUT2D eigenvalue weighted by Gasteiger charge is -2.16. The molecule has 18 heavy (non-hydrogen) atoms. The van der Waals surface area contributed by atoms with Gasteiger partial charge in [0.1, 0.15) is 5.82 Å². The fraction of sp³-hybridized carbons (Fsp3) is 0.214. The number of aromatic nitrogens is 1. The average molecular weight is 245 g/mol. The molecule has 0 radical (unpaired) electrons. The van der Waals surface area contributed by atoms with Crippen molar-refractivity contribution in [1.29, 1.82) is 0 Å². The number of nitrogens with zero attached hydrogens (tertiary/aromatic N) is 1. The zero-order chi connectivity index (χ0) is 13.0. The predicted octanol–water partition coefficient (Wildman–Crippen LogP) is 2.28. The molecule has 2 rings (SSSR count). The van der Waals surface area contributed by atoms with Gasteiger partial charge < -0.3 is 0 Å². The summed E-state index contributed by atoms with van der Waals surface area (Å²) in [5.41, 5.74) is 5.92. The minimum atomic E-state index is -0.228. The summed E-state index contributed by atoms with van der Waals surface area (Å²) in [6, 6.07) is 8.46. The van der Waals surface area contributed by atoms with Gasteiger partial charge in [0.25, 0.3) is 0 Å². The van der Waals surface area contributed by atoms with E-state index in [1.54, 1.807) is 24.5 Å². The Kier molecular flexibility index (Phi) is 4.02. The third-order valence-corrected chi connectivity index (χ3v) is 2.85. The molecule has 3 nitrogen and oxygen atoms in total. The summed E-state index contributed by atoms with van der Waals surface area (Å²) in [5.74, 6) is 5.35. The van der Waals surface area contributed by atoms with E-state index in [1.807, 2.05) is 13.0 Å². The molecule has 94 valence electrons. The van der Waals surface area contributed by atoms with Gasteiger partial charge in [-0.15, -0.1) is 0 Å². The minimum absolute atomic E-state index is 0.0251. The summed E-state index contributed by atoms with van der Waals surface area (Å²) >= 11 is 0. The van der Waals surface area contributed by atoms with Crippen molar-refractivity contribution in [3.63, 3.8) is 0 Å². The van der Waals surface area contributed by atoms with Crippen molar-refractivity contribution in [1.82, 2.24) is 10.4 Å². The molecule has 1 aromatic carbocycles. The standard InChI is InChI=1S/C14H16FN3/c1-10-6-12(9-17-8-10)14(18-16)7-11-2-4-13(15)5-3-11/h2-6,8-9,14,18H,7,16H2,1H3. The SMILES string of the molecule is Cc1cncc(C(Cc2ccc(F)cc2)NN)c1. The molecule has 1 heterocycles. The van der Waals surface area contributed by atoms with E-state index in [1.165, 1.54) is 12.1 Å². The van der Waals surface area contributed by atoms with Gasteiger partial charge in [-0.1, -0.05) is 18.2 Å². The third kappa shape index (κ3) is 3.12. The van der Waals surface area contributed by atoms with Gasteiger partial charge >= 0.3 is 0 Å².